The highest BCUT2D eigenvalue weighted by Gasteiger charge is 2.16. The predicted octanol–water partition coefficient (Wildman–Crippen LogP) is 3.99. The summed E-state index contributed by atoms with van der Waals surface area (Å²) in [7, 11) is 3.57. The third-order valence-electron chi connectivity index (χ3n) is 5.23. The Bertz CT molecular complexity index is 1500. The number of aliphatic imine (C=N–C) groups is 1. The Morgan fingerprint density at radius 1 is 1.16 bits per heavy atom. The molecule has 3 N–H and O–H groups in total. The fraction of sp³-hybridized carbons (Fsp3) is 0.174. The van der Waals surface area contributed by atoms with E-state index in [-0.39, 0.29) is 0 Å². The van der Waals surface area contributed by atoms with E-state index in [4.69, 9.17) is 10.7 Å². The van der Waals surface area contributed by atoms with Crippen LogP contribution in [0.15, 0.2) is 47.8 Å². The van der Waals surface area contributed by atoms with E-state index >= 15 is 0 Å². The van der Waals surface area contributed by atoms with Crippen molar-refractivity contribution < 1.29 is 5.11 Å². The molecule has 5 heterocycles. The Morgan fingerprint density at radius 3 is 2.75 bits per heavy atom. The van der Waals surface area contributed by atoms with Crippen molar-refractivity contribution >= 4 is 44.6 Å². The minimum Gasteiger partial charge on any atom is -0.388 e. The first kappa shape index (κ1) is 20.2. The molecule has 5 aromatic heterocycles. The topological polar surface area (TPSA) is 115 Å². The van der Waals surface area contributed by atoms with Crippen LogP contribution in [0, 0.1) is 0 Å². The number of nitrogens with two attached hydrogens (primary N) is 1. The lowest BCUT2D eigenvalue weighted by Crippen LogP contribution is -1.98. The van der Waals surface area contributed by atoms with Crippen LogP contribution < -0.4 is 5.73 Å². The highest BCUT2D eigenvalue weighted by Crippen LogP contribution is 2.38. The van der Waals surface area contributed by atoms with Crippen LogP contribution in [0.4, 0.5) is 5.82 Å². The van der Waals surface area contributed by atoms with Crippen molar-refractivity contribution in [2.24, 2.45) is 12.0 Å². The van der Waals surface area contributed by atoms with Gasteiger partial charge in [0.25, 0.3) is 0 Å². The number of hydrogen-bond donors (Lipinski definition) is 2. The molecule has 160 valence electrons. The van der Waals surface area contributed by atoms with Gasteiger partial charge in [0.15, 0.2) is 5.65 Å². The summed E-state index contributed by atoms with van der Waals surface area (Å²) in [6.07, 6.45) is 6.59. The summed E-state index contributed by atoms with van der Waals surface area (Å²) in [5, 5.41) is 16.5. The standard InChI is InChI=1S/C23H21N7OS/c1-12(31)20-7-18-17(13-4-16-11-30(3)29-22(16)27-9-13)6-19(28-23(18)32-20)14-5-15(8-25-2)21(24)26-10-14/h4-12,31H,1-3H3,(H2,24,26). The molecule has 0 radical (unpaired) electrons. The number of rotatable bonds is 4. The lowest BCUT2D eigenvalue weighted by molar-refractivity contribution is 0.203. The van der Waals surface area contributed by atoms with Crippen molar-refractivity contribution in [3.8, 4) is 22.4 Å². The molecule has 5 aromatic rings. The van der Waals surface area contributed by atoms with Crippen molar-refractivity contribution in [1.29, 1.82) is 0 Å². The Morgan fingerprint density at radius 2 is 1.97 bits per heavy atom. The molecular formula is C23H21N7OS. The van der Waals surface area contributed by atoms with E-state index < -0.39 is 6.10 Å². The van der Waals surface area contributed by atoms with E-state index in [0.717, 1.165) is 48.4 Å². The summed E-state index contributed by atoms with van der Waals surface area (Å²) >= 11 is 1.48. The molecule has 9 heteroatoms. The van der Waals surface area contributed by atoms with E-state index in [1.165, 1.54) is 11.3 Å². The SMILES string of the molecule is CN=Cc1cc(-c2cc(-c3cnc4nn(C)cc4c3)c3cc(C(C)O)sc3n2)cnc1N. The van der Waals surface area contributed by atoms with Crippen molar-refractivity contribution in [3.05, 3.63) is 53.3 Å². The van der Waals surface area contributed by atoms with E-state index in [0.29, 0.717) is 11.5 Å². The van der Waals surface area contributed by atoms with Crippen LogP contribution in [0.2, 0.25) is 0 Å². The third kappa shape index (κ3) is 3.51. The van der Waals surface area contributed by atoms with Gasteiger partial charge in [0, 0.05) is 71.2 Å². The first-order valence-corrected chi connectivity index (χ1v) is 10.8. The van der Waals surface area contributed by atoms with Gasteiger partial charge < -0.3 is 10.8 Å². The molecule has 0 spiro atoms. The smallest absolute Gasteiger partial charge is 0.181 e. The van der Waals surface area contributed by atoms with Gasteiger partial charge in [0.1, 0.15) is 10.6 Å². The number of aryl methyl sites for hydroxylation is 1. The summed E-state index contributed by atoms with van der Waals surface area (Å²) < 4.78 is 1.75. The van der Waals surface area contributed by atoms with E-state index in [1.54, 1.807) is 31.1 Å². The maximum absolute atomic E-state index is 10.2. The zero-order valence-corrected chi connectivity index (χ0v) is 18.6. The van der Waals surface area contributed by atoms with Gasteiger partial charge >= 0.3 is 0 Å². The van der Waals surface area contributed by atoms with Crippen LogP contribution >= 0.6 is 11.3 Å². The molecule has 1 unspecified atom stereocenters. The number of nitrogen functional groups attached to an aromatic ring is 1. The quantitative estimate of drug-likeness (QED) is 0.406. The number of nitrogens with zero attached hydrogens (tertiary/aromatic N) is 6. The molecule has 0 saturated heterocycles. The van der Waals surface area contributed by atoms with Crippen molar-refractivity contribution in [1.82, 2.24) is 24.7 Å². The Balaban J connectivity index is 1.76. The molecular weight excluding hydrogens is 422 g/mol. The molecule has 0 amide bonds. The van der Waals surface area contributed by atoms with Crippen molar-refractivity contribution in [2.75, 3.05) is 12.8 Å². The molecule has 0 aliphatic carbocycles. The van der Waals surface area contributed by atoms with Gasteiger partial charge in [-0.3, -0.25) is 9.67 Å². The largest absolute Gasteiger partial charge is 0.388 e. The van der Waals surface area contributed by atoms with Crippen molar-refractivity contribution in [2.45, 2.75) is 13.0 Å². The fourth-order valence-corrected chi connectivity index (χ4v) is 4.67. The van der Waals surface area contributed by atoms with Gasteiger partial charge in [-0.1, -0.05) is 0 Å². The molecule has 8 nitrogen and oxygen atoms in total. The minimum atomic E-state index is -0.574. The number of thiophene rings is 1. The van der Waals surface area contributed by atoms with Crippen LogP contribution in [-0.4, -0.2) is 43.1 Å². The molecule has 1 atom stereocenters. The molecule has 5 rings (SSSR count). The van der Waals surface area contributed by atoms with Crippen LogP contribution in [0.25, 0.3) is 43.6 Å². The predicted molar refractivity (Wildman–Crippen MR) is 129 cm³/mol. The van der Waals surface area contributed by atoms with Gasteiger partial charge in [-0.25, -0.2) is 15.0 Å². The Labute approximate surface area is 188 Å². The molecule has 32 heavy (non-hydrogen) atoms. The first-order valence-electron chi connectivity index (χ1n) is 10.0. The summed E-state index contributed by atoms with van der Waals surface area (Å²) in [5.41, 5.74) is 11.0. The average molecular weight is 444 g/mol. The van der Waals surface area contributed by atoms with Gasteiger partial charge in [-0.15, -0.1) is 11.3 Å². The lowest BCUT2D eigenvalue weighted by atomic mass is 10.0. The van der Waals surface area contributed by atoms with Gasteiger partial charge in [0.2, 0.25) is 0 Å². The molecule has 0 bridgehead atoms. The highest BCUT2D eigenvalue weighted by molar-refractivity contribution is 7.18. The van der Waals surface area contributed by atoms with E-state index in [2.05, 4.69) is 26.1 Å². The van der Waals surface area contributed by atoms with Crippen LogP contribution in [0.5, 0.6) is 0 Å². The number of pyridine rings is 3. The number of aromatic nitrogens is 5. The maximum atomic E-state index is 10.2. The normalized spacial score (nSPS) is 12.9. The Hall–Kier alpha value is -3.69. The number of hydrogen-bond acceptors (Lipinski definition) is 8. The molecule has 0 aliphatic heterocycles. The summed E-state index contributed by atoms with van der Waals surface area (Å²) in [5.74, 6) is 0.416. The second-order valence-electron chi connectivity index (χ2n) is 7.62. The summed E-state index contributed by atoms with van der Waals surface area (Å²) in [6.45, 7) is 1.76. The van der Waals surface area contributed by atoms with E-state index in [1.807, 2.05) is 37.6 Å². The second-order valence-corrected chi connectivity index (χ2v) is 8.69. The summed E-state index contributed by atoms with van der Waals surface area (Å²) in [6, 6.07) is 8.03. The maximum Gasteiger partial charge on any atom is 0.181 e. The molecule has 0 aromatic carbocycles. The van der Waals surface area contributed by atoms with Crippen LogP contribution in [-0.2, 0) is 7.05 Å². The van der Waals surface area contributed by atoms with Gasteiger partial charge in [-0.05, 0) is 36.8 Å². The van der Waals surface area contributed by atoms with Crippen molar-refractivity contribution in [3.63, 3.8) is 0 Å². The third-order valence-corrected chi connectivity index (χ3v) is 6.43. The molecule has 0 aliphatic rings. The number of aliphatic hydroxyl groups excluding tert-OH is 1. The second kappa shape index (κ2) is 7.77. The van der Waals surface area contributed by atoms with E-state index in [9.17, 15) is 5.11 Å². The molecule has 0 fully saturated rings. The van der Waals surface area contributed by atoms with Crippen LogP contribution in [0.3, 0.4) is 0 Å². The Kier molecular flexibility index (Phi) is 4.91. The number of fused-ring (bicyclic) bond motifs is 2. The minimum absolute atomic E-state index is 0.416. The monoisotopic (exact) mass is 443 g/mol. The summed E-state index contributed by atoms with van der Waals surface area (Å²) in [4.78, 5) is 19.5. The number of anilines is 1. The lowest BCUT2D eigenvalue weighted by Gasteiger charge is -2.09. The van der Waals surface area contributed by atoms with Gasteiger partial charge in [0.05, 0.1) is 11.8 Å². The zero-order chi connectivity index (χ0) is 22.4. The average Bonchev–Trinajstić information content (AvgIpc) is 3.36. The first-order chi connectivity index (χ1) is 15.4. The van der Waals surface area contributed by atoms with Crippen LogP contribution in [0.1, 0.15) is 23.5 Å². The molecule has 0 saturated carbocycles. The zero-order valence-electron chi connectivity index (χ0n) is 17.8. The highest BCUT2D eigenvalue weighted by atomic mass is 32.1. The number of aliphatic hydroxyl groups is 1. The van der Waals surface area contributed by atoms with Gasteiger partial charge in [-0.2, -0.15) is 5.10 Å². The fourth-order valence-electron chi connectivity index (χ4n) is 3.68.